The van der Waals surface area contributed by atoms with Gasteiger partial charge < -0.3 is 0 Å². The van der Waals surface area contributed by atoms with Gasteiger partial charge in [0.2, 0.25) is 0 Å². The van der Waals surface area contributed by atoms with Crippen LogP contribution in [0, 0.1) is 0 Å². The van der Waals surface area contributed by atoms with Gasteiger partial charge in [0.1, 0.15) is 5.57 Å². The Morgan fingerprint density at radius 2 is 1.45 bits per heavy atom. The van der Waals surface area contributed by atoms with E-state index in [1.165, 1.54) is 18.5 Å². The van der Waals surface area contributed by atoms with Gasteiger partial charge in [0.05, 0.1) is 0 Å². The van der Waals surface area contributed by atoms with Gasteiger partial charge in [-0.05, 0) is 6.08 Å². The molecular formula is C15H10N4O3. The first-order chi connectivity index (χ1) is 10.6. The molecule has 2 N–H and O–H groups in total. The fraction of sp³-hybridized carbons (Fsp3) is 0. The lowest BCUT2D eigenvalue weighted by Gasteiger charge is -2.13. The van der Waals surface area contributed by atoms with Crippen molar-refractivity contribution in [2.45, 2.75) is 0 Å². The van der Waals surface area contributed by atoms with E-state index in [2.05, 4.69) is 9.97 Å². The Kier molecular flexibility index (Phi) is 3.45. The van der Waals surface area contributed by atoms with Crippen molar-refractivity contribution in [2.24, 2.45) is 0 Å². The number of carbonyl (C=O) groups excluding carboxylic acids is 3. The summed E-state index contributed by atoms with van der Waals surface area (Å²) >= 11 is 0. The van der Waals surface area contributed by atoms with Crippen molar-refractivity contribution in [2.75, 3.05) is 0 Å². The molecular weight excluding hydrogens is 284 g/mol. The van der Waals surface area contributed by atoms with Crippen LogP contribution in [-0.4, -0.2) is 27.8 Å². The summed E-state index contributed by atoms with van der Waals surface area (Å²) in [6.07, 6.45) is 4.32. The number of carbonyl (C=O) groups is 3. The van der Waals surface area contributed by atoms with Crippen LogP contribution in [0.25, 0.3) is 17.5 Å². The number of barbiturate groups is 1. The molecule has 0 aliphatic carbocycles. The van der Waals surface area contributed by atoms with Crippen LogP contribution in [0.15, 0.2) is 48.3 Å². The maximum absolute atomic E-state index is 11.6. The number of hydrogen-bond acceptors (Lipinski definition) is 5. The van der Waals surface area contributed by atoms with Crippen LogP contribution in [0.1, 0.15) is 5.56 Å². The van der Waals surface area contributed by atoms with Crippen LogP contribution < -0.4 is 10.6 Å². The summed E-state index contributed by atoms with van der Waals surface area (Å²) in [4.78, 5) is 42.6. The lowest BCUT2D eigenvalue weighted by molar-refractivity contribution is -0.123. The highest BCUT2D eigenvalue weighted by molar-refractivity contribution is 6.31. The first-order valence-electron chi connectivity index (χ1n) is 6.39. The fourth-order valence-corrected chi connectivity index (χ4v) is 1.92. The molecule has 0 atom stereocenters. The zero-order valence-electron chi connectivity index (χ0n) is 11.2. The molecule has 0 radical (unpaired) electrons. The third-order valence-electron chi connectivity index (χ3n) is 2.96. The Balaban J connectivity index is 1.87. The highest BCUT2D eigenvalue weighted by Gasteiger charge is 2.27. The maximum Gasteiger partial charge on any atom is 0.328 e. The average Bonchev–Trinajstić information content (AvgIpc) is 2.52. The molecule has 7 nitrogen and oxygen atoms in total. The zero-order valence-corrected chi connectivity index (χ0v) is 11.2. The summed E-state index contributed by atoms with van der Waals surface area (Å²) in [7, 11) is 0. The molecule has 3 rings (SSSR count). The zero-order chi connectivity index (χ0) is 15.5. The molecule has 7 heteroatoms. The monoisotopic (exact) mass is 294 g/mol. The summed E-state index contributed by atoms with van der Waals surface area (Å²) < 4.78 is 0. The quantitative estimate of drug-likeness (QED) is 0.633. The van der Waals surface area contributed by atoms with Crippen LogP contribution in [0.5, 0.6) is 0 Å². The second-order valence-corrected chi connectivity index (χ2v) is 4.50. The maximum atomic E-state index is 11.6. The van der Waals surface area contributed by atoms with E-state index < -0.39 is 17.8 Å². The molecule has 1 fully saturated rings. The second kappa shape index (κ2) is 5.57. The standard InChI is InChI=1S/C15H10N4O3/c20-13-11(14(21)19-15(22)18-13)6-9-7-16-12(17-8-9)10-4-2-1-3-5-10/h1-8H,(H2,18,19,20,21,22). The SMILES string of the molecule is O=C1NC(=O)C(=Cc2cnc(-c3ccccc3)nc2)C(=O)N1. The molecule has 2 heterocycles. The van der Waals surface area contributed by atoms with Crippen LogP contribution in [-0.2, 0) is 9.59 Å². The number of nitrogens with one attached hydrogen (secondary N) is 2. The molecule has 0 saturated carbocycles. The summed E-state index contributed by atoms with van der Waals surface area (Å²) in [5.41, 5.74) is 1.17. The Bertz CT molecular complexity index is 760. The van der Waals surface area contributed by atoms with E-state index in [1.807, 2.05) is 41.0 Å². The topological polar surface area (TPSA) is 101 Å². The van der Waals surface area contributed by atoms with Gasteiger partial charge >= 0.3 is 6.03 Å². The average molecular weight is 294 g/mol. The minimum absolute atomic E-state index is 0.171. The van der Waals surface area contributed by atoms with E-state index in [0.717, 1.165) is 5.56 Å². The van der Waals surface area contributed by atoms with Gasteiger partial charge in [0, 0.05) is 23.5 Å². The van der Waals surface area contributed by atoms with Crippen molar-refractivity contribution in [3.05, 3.63) is 53.9 Å². The Morgan fingerprint density at radius 3 is 2.05 bits per heavy atom. The number of aromatic nitrogens is 2. The highest BCUT2D eigenvalue weighted by atomic mass is 16.2. The van der Waals surface area contributed by atoms with Crippen LogP contribution in [0.2, 0.25) is 0 Å². The largest absolute Gasteiger partial charge is 0.328 e. The molecule has 2 aromatic rings. The predicted octanol–water partition coefficient (Wildman–Crippen LogP) is 0.893. The van der Waals surface area contributed by atoms with Gasteiger partial charge in [-0.3, -0.25) is 20.2 Å². The minimum Gasteiger partial charge on any atom is -0.273 e. The number of hydrogen-bond donors (Lipinski definition) is 2. The lowest BCUT2D eigenvalue weighted by Crippen LogP contribution is -2.51. The summed E-state index contributed by atoms with van der Waals surface area (Å²) in [5.74, 6) is -0.961. The van der Waals surface area contributed by atoms with Gasteiger partial charge in [-0.25, -0.2) is 14.8 Å². The normalized spacial score (nSPS) is 14.4. The van der Waals surface area contributed by atoms with Gasteiger partial charge in [-0.15, -0.1) is 0 Å². The minimum atomic E-state index is -0.831. The van der Waals surface area contributed by atoms with E-state index in [9.17, 15) is 14.4 Å². The summed E-state index contributed by atoms with van der Waals surface area (Å²) in [5, 5.41) is 4.00. The predicted molar refractivity (Wildman–Crippen MR) is 77.1 cm³/mol. The number of amides is 4. The van der Waals surface area contributed by atoms with Crippen molar-refractivity contribution < 1.29 is 14.4 Å². The third kappa shape index (κ3) is 2.73. The number of benzene rings is 1. The van der Waals surface area contributed by atoms with Gasteiger partial charge in [-0.2, -0.15) is 0 Å². The van der Waals surface area contributed by atoms with Crippen molar-refractivity contribution in [1.29, 1.82) is 0 Å². The molecule has 0 spiro atoms. The van der Waals surface area contributed by atoms with E-state index >= 15 is 0 Å². The van der Waals surface area contributed by atoms with Crippen molar-refractivity contribution >= 4 is 23.9 Å². The van der Waals surface area contributed by atoms with Gasteiger partial charge in [-0.1, -0.05) is 30.3 Å². The van der Waals surface area contributed by atoms with Crippen LogP contribution >= 0.6 is 0 Å². The first kappa shape index (κ1) is 13.6. The molecule has 1 aliphatic heterocycles. The molecule has 4 amide bonds. The molecule has 1 saturated heterocycles. The molecule has 0 bridgehead atoms. The molecule has 1 aliphatic rings. The van der Waals surface area contributed by atoms with E-state index in [1.54, 1.807) is 0 Å². The Hall–Kier alpha value is -3.35. The summed E-state index contributed by atoms with van der Waals surface area (Å²) in [6, 6.07) is 8.57. The van der Waals surface area contributed by atoms with Crippen molar-refractivity contribution in [1.82, 2.24) is 20.6 Å². The van der Waals surface area contributed by atoms with Crippen LogP contribution in [0.3, 0.4) is 0 Å². The number of rotatable bonds is 2. The molecule has 1 aromatic carbocycles. The van der Waals surface area contributed by atoms with Crippen molar-refractivity contribution in [3.63, 3.8) is 0 Å². The molecule has 108 valence electrons. The fourth-order valence-electron chi connectivity index (χ4n) is 1.92. The molecule has 1 aromatic heterocycles. The van der Waals surface area contributed by atoms with Crippen molar-refractivity contribution in [3.8, 4) is 11.4 Å². The number of imide groups is 2. The number of urea groups is 1. The number of nitrogens with zero attached hydrogens (tertiary/aromatic N) is 2. The van der Waals surface area contributed by atoms with Gasteiger partial charge in [0.15, 0.2) is 5.82 Å². The molecule has 0 unspecified atom stereocenters. The molecule has 22 heavy (non-hydrogen) atoms. The Labute approximate surface area is 125 Å². The van der Waals surface area contributed by atoms with Gasteiger partial charge in [0.25, 0.3) is 11.8 Å². The lowest BCUT2D eigenvalue weighted by atomic mass is 10.1. The summed E-state index contributed by atoms with van der Waals surface area (Å²) in [6.45, 7) is 0. The third-order valence-corrected chi connectivity index (χ3v) is 2.96. The second-order valence-electron chi connectivity index (χ2n) is 4.50. The first-order valence-corrected chi connectivity index (χ1v) is 6.39. The van der Waals surface area contributed by atoms with E-state index in [4.69, 9.17) is 0 Å². The smallest absolute Gasteiger partial charge is 0.273 e. The van der Waals surface area contributed by atoms with E-state index in [-0.39, 0.29) is 5.57 Å². The Morgan fingerprint density at radius 1 is 0.864 bits per heavy atom. The van der Waals surface area contributed by atoms with E-state index in [0.29, 0.717) is 11.4 Å². The highest BCUT2D eigenvalue weighted by Crippen LogP contribution is 2.14. The van der Waals surface area contributed by atoms with Crippen LogP contribution in [0.4, 0.5) is 4.79 Å².